The lowest BCUT2D eigenvalue weighted by Crippen LogP contribution is -2.43. The average Bonchev–Trinajstić information content (AvgIpc) is 3.49. The molecule has 1 heterocycles. The highest BCUT2D eigenvalue weighted by molar-refractivity contribution is 5.96. The Kier molecular flexibility index (Phi) is 12.7. The number of nitrogens with zero attached hydrogens (tertiary/aromatic N) is 3. The zero-order chi connectivity index (χ0) is 31.1. The van der Waals surface area contributed by atoms with Crippen molar-refractivity contribution in [1.82, 2.24) is 14.4 Å². The van der Waals surface area contributed by atoms with Crippen molar-refractivity contribution in [2.24, 2.45) is 0 Å². The van der Waals surface area contributed by atoms with Crippen LogP contribution in [0.3, 0.4) is 0 Å². The maximum absolute atomic E-state index is 14.1. The Hall–Kier alpha value is -4.32. The van der Waals surface area contributed by atoms with Crippen LogP contribution in [0, 0.1) is 0 Å². The first-order valence-electron chi connectivity index (χ1n) is 16.0. The van der Waals surface area contributed by atoms with Crippen molar-refractivity contribution in [2.75, 3.05) is 20.2 Å². The van der Waals surface area contributed by atoms with E-state index in [9.17, 15) is 9.59 Å². The van der Waals surface area contributed by atoms with Gasteiger partial charge in [-0.05, 0) is 72.4 Å². The number of benzene rings is 3. The molecule has 2 amide bonds. The van der Waals surface area contributed by atoms with Crippen LogP contribution < -0.4 is 4.74 Å². The van der Waals surface area contributed by atoms with E-state index < -0.39 is 0 Å². The number of amides is 2. The molecule has 0 saturated carbocycles. The molecule has 0 spiro atoms. The number of methoxy groups -OCH3 is 1. The van der Waals surface area contributed by atoms with E-state index in [2.05, 4.69) is 30.5 Å². The molecule has 0 saturated heterocycles. The molecule has 0 unspecified atom stereocenters. The molecule has 0 fully saturated rings. The number of aromatic nitrogens is 1. The van der Waals surface area contributed by atoms with Crippen LogP contribution in [0.25, 0.3) is 0 Å². The summed E-state index contributed by atoms with van der Waals surface area (Å²) < 4.78 is 7.59. The van der Waals surface area contributed by atoms with Gasteiger partial charge in [0.15, 0.2) is 0 Å². The summed E-state index contributed by atoms with van der Waals surface area (Å²) in [6.07, 6.45) is 8.25. The molecule has 0 N–H and O–H groups in total. The van der Waals surface area contributed by atoms with Gasteiger partial charge in [-0.2, -0.15) is 0 Å². The van der Waals surface area contributed by atoms with Gasteiger partial charge in [-0.3, -0.25) is 9.59 Å². The van der Waals surface area contributed by atoms with Crippen LogP contribution in [-0.2, 0) is 30.8 Å². The zero-order valence-electron chi connectivity index (χ0n) is 26.6. The predicted molar refractivity (Wildman–Crippen MR) is 178 cm³/mol. The van der Waals surface area contributed by atoms with Crippen LogP contribution in [0.15, 0.2) is 97.2 Å². The molecule has 4 aromatic rings. The van der Waals surface area contributed by atoms with Gasteiger partial charge in [0, 0.05) is 37.1 Å². The van der Waals surface area contributed by atoms with Crippen molar-refractivity contribution in [3.05, 3.63) is 125 Å². The van der Waals surface area contributed by atoms with Gasteiger partial charge in [0.05, 0.1) is 13.7 Å². The molecule has 0 radical (unpaired) electrons. The number of ether oxygens (including phenoxy) is 1. The number of hydrogen-bond donors (Lipinski definition) is 0. The van der Waals surface area contributed by atoms with E-state index in [1.807, 2.05) is 90.0 Å². The summed E-state index contributed by atoms with van der Waals surface area (Å²) in [5, 5.41) is 0. The molecule has 232 valence electrons. The molecule has 3 aromatic carbocycles. The predicted octanol–water partition coefficient (Wildman–Crippen LogP) is 7.75. The quantitative estimate of drug-likeness (QED) is 0.118. The summed E-state index contributed by atoms with van der Waals surface area (Å²) in [7, 11) is 1.67. The van der Waals surface area contributed by atoms with Crippen LogP contribution >= 0.6 is 0 Å². The molecule has 44 heavy (non-hydrogen) atoms. The monoisotopic (exact) mass is 593 g/mol. The number of hydrogen-bond acceptors (Lipinski definition) is 3. The third-order valence-electron chi connectivity index (χ3n) is 8.00. The van der Waals surface area contributed by atoms with Gasteiger partial charge >= 0.3 is 0 Å². The highest BCUT2D eigenvalue weighted by Gasteiger charge is 2.23. The summed E-state index contributed by atoms with van der Waals surface area (Å²) in [6, 6.07) is 30.1. The first kappa shape index (κ1) is 32.6. The molecule has 1 aromatic heterocycles. The van der Waals surface area contributed by atoms with Crippen molar-refractivity contribution >= 4 is 11.8 Å². The van der Waals surface area contributed by atoms with Crippen LogP contribution in [0.5, 0.6) is 5.75 Å². The Morgan fingerprint density at radius 3 is 2.20 bits per heavy atom. The van der Waals surface area contributed by atoms with Gasteiger partial charge in [-0.25, -0.2) is 0 Å². The van der Waals surface area contributed by atoms with Crippen molar-refractivity contribution in [1.29, 1.82) is 0 Å². The van der Waals surface area contributed by atoms with Crippen LogP contribution in [0.4, 0.5) is 0 Å². The van der Waals surface area contributed by atoms with Crippen LogP contribution in [0.1, 0.15) is 78.7 Å². The average molecular weight is 594 g/mol. The fourth-order valence-corrected chi connectivity index (χ4v) is 5.39. The molecule has 0 atom stereocenters. The van der Waals surface area contributed by atoms with Crippen LogP contribution in [-0.4, -0.2) is 46.4 Å². The van der Waals surface area contributed by atoms with Gasteiger partial charge in [0.25, 0.3) is 5.91 Å². The molecule has 0 bridgehead atoms. The second-order valence-corrected chi connectivity index (χ2v) is 11.4. The largest absolute Gasteiger partial charge is 0.497 e. The van der Waals surface area contributed by atoms with Gasteiger partial charge < -0.3 is 19.1 Å². The highest BCUT2D eigenvalue weighted by atomic mass is 16.5. The number of aryl methyl sites for hydroxylation is 1. The van der Waals surface area contributed by atoms with Gasteiger partial charge in [-0.15, -0.1) is 0 Å². The lowest BCUT2D eigenvalue weighted by Gasteiger charge is -2.28. The van der Waals surface area contributed by atoms with E-state index in [-0.39, 0.29) is 18.4 Å². The van der Waals surface area contributed by atoms with E-state index in [1.165, 1.54) is 5.56 Å². The minimum atomic E-state index is -0.0856. The topological polar surface area (TPSA) is 54.8 Å². The van der Waals surface area contributed by atoms with E-state index in [0.29, 0.717) is 31.7 Å². The van der Waals surface area contributed by atoms with E-state index in [4.69, 9.17) is 4.74 Å². The Labute approximate surface area is 263 Å². The molecule has 0 aliphatic carbocycles. The fourth-order valence-electron chi connectivity index (χ4n) is 5.39. The molecule has 0 aliphatic rings. The number of carbonyl (C=O) groups excluding carboxylic acids is 2. The minimum absolute atomic E-state index is 0.0452. The Morgan fingerprint density at radius 1 is 0.727 bits per heavy atom. The number of unbranched alkanes of at least 4 members (excludes halogenated alkanes) is 3. The van der Waals surface area contributed by atoms with Crippen LogP contribution in [0.2, 0.25) is 0 Å². The van der Waals surface area contributed by atoms with Gasteiger partial charge in [0.2, 0.25) is 5.91 Å². The van der Waals surface area contributed by atoms with Crippen molar-refractivity contribution < 1.29 is 14.3 Å². The maximum atomic E-state index is 14.1. The summed E-state index contributed by atoms with van der Waals surface area (Å²) >= 11 is 0. The van der Waals surface area contributed by atoms with E-state index in [0.717, 1.165) is 61.1 Å². The molecular formula is C38H47N3O3. The van der Waals surface area contributed by atoms with Crippen molar-refractivity contribution in [2.45, 2.75) is 72.0 Å². The molecular weight excluding hydrogens is 546 g/mol. The lowest BCUT2D eigenvalue weighted by atomic mass is 10.1. The number of carbonyl (C=O) groups is 2. The third kappa shape index (κ3) is 9.60. The summed E-state index contributed by atoms with van der Waals surface area (Å²) in [4.78, 5) is 31.5. The smallest absolute Gasteiger partial charge is 0.254 e. The number of rotatable bonds is 17. The normalized spacial score (nSPS) is 10.9. The second-order valence-electron chi connectivity index (χ2n) is 11.4. The van der Waals surface area contributed by atoms with Gasteiger partial charge in [-0.1, -0.05) is 87.7 Å². The lowest BCUT2D eigenvalue weighted by molar-refractivity contribution is -0.133. The SMILES string of the molecule is CCCCCN(CC(=O)N(Cc1ccccc1)Cc1cccn1Cc1cccc(OC)c1)C(=O)c1ccc(CCCC)cc1. The van der Waals surface area contributed by atoms with Gasteiger partial charge in [0.1, 0.15) is 12.3 Å². The first-order chi connectivity index (χ1) is 21.5. The van der Waals surface area contributed by atoms with Crippen molar-refractivity contribution in [3.8, 4) is 5.75 Å². The Bertz CT molecular complexity index is 1450. The summed E-state index contributed by atoms with van der Waals surface area (Å²) in [6.45, 7) is 6.51. The second kappa shape index (κ2) is 17.1. The standard InChI is InChI=1S/C38H47N3O3/c1-4-6-11-24-40(38(43)34-22-20-31(21-23-34)14-7-5-2)30-37(42)41(27-32-15-9-8-10-16-32)29-35-18-13-25-39(35)28-33-17-12-19-36(26-33)44-3/h8-10,12-13,15-23,25-26H,4-7,11,14,24,27-30H2,1-3H3. The molecule has 4 rings (SSSR count). The maximum Gasteiger partial charge on any atom is 0.254 e. The minimum Gasteiger partial charge on any atom is -0.497 e. The Morgan fingerprint density at radius 2 is 1.48 bits per heavy atom. The van der Waals surface area contributed by atoms with E-state index in [1.54, 1.807) is 12.0 Å². The molecule has 6 nitrogen and oxygen atoms in total. The highest BCUT2D eigenvalue weighted by Crippen LogP contribution is 2.18. The summed E-state index contributed by atoms with van der Waals surface area (Å²) in [5.74, 6) is 0.672. The Balaban J connectivity index is 1.54. The summed E-state index contributed by atoms with van der Waals surface area (Å²) in [5.41, 5.74) is 5.08. The van der Waals surface area contributed by atoms with E-state index >= 15 is 0 Å². The molecule has 6 heteroatoms. The third-order valence-corrected chi connectivity index (χ3v) is 8.00. The fraction of sp³-hybridized carbons (Fsp3) is 0.368. The molecule has 0 aliphatic heterocycles. The zero-order valence-corrected chi connectivity index (χ0v) is 26.6. The van der Waals surface area contributed by atoms with Crippen molar-refractivity contribution in [3.63, 3.8) is 0 Å². The first-order valence-corrected chi connectivity index (χ1v) is 16.0.